The van der Waals surface area contributed by atoms with Crippen LogP contribution in [0.3, 0.4) is 0 Å². The number of hydrogen-bond donors (Lipinski definition) is 2. The number of carbonyl (C=O) groups is 2. The second-order valence-electron chi connectivity index (χ2n) is 4.90. The number of nitrogens with zero attached hydrogens (tertiary/aromatic N) is 1. The average molecular weight is 404 g/mol. The molecule has 0 heterocycles. The van der Waals surface area contributed by atoms with Gasteiger partial charge in [-0.3, -0.25) is 19.7 Å². The van der Waals surface area contributed by atoms with E-state index < -0.39 is 10.8 Å². The molecule has 25 heavy (non-hydrogen) atoms. The van der Waals surface area contributed by atoms with Crippen molar-refractivity contribution in [2.75, 3.05) is 11.9 Å². The molecule has 0 radical (unpaired) electrons. The largest absolute Gasteiger partial charge is 0.343 e. The smallest absolute Gasteiger partial charge is 0.276 e. The SMILES string of the molecule is O=C(/C=C/c1ccccc1[N+](=O)[O-])NCC(=O)Nc1ccccc1Br. The van der Waals surface area contributed by atoms with E-state index in [-0.39, 0.29) is 18.1 Å². The summed E-state index contributed by atoms with van der Waals surface area (Å²) in [7, 11) is 0. The highest BCUT2D eigenvalue weighted by Gasteiger charge is 2.10. The molecule has 2 aromatic rings. The molecule has 8 heteroatoms. The second-order valence-corrected chi connectivity index (χ2v) is 5.75. The normalized spacial score (nSPS) is 10.4. The molecule has 0 spiro atoms. The van der Waals surface area contributed by atoms with Crippen molar-refractivity contribution in [1.29, 1.82) is 0 Å². The minimum atomic E-state index is -0.527. The summed E-state index contributed by atoms with van der Waals surface area (Å²) < 4.78 is 0.728. The van der Waals surface area contributed by atoms with Crippen LogP contribution in [0.2, 0.25) is 0 Å². The predicted octanol–water partition coefficient (Wildman–Crippen LogP) is 3.13. The fourth-order valence-corrected chi connectivity index (χ4v) is 2.33. The molecule has 0 atom stereocenters. The average Bonchev–Trinajstić information content (AvgIpc) is 2.60. The number of para-hydroxylation sites is 2. The first-order valence-electron chi connectivity index (χ1n) is 7.21. The van der Waals surface area contributed by atoms with Crippen molar-refractivity contribution in [2.24, 2.45) is 0 Å². The van der Waals surface area contributed by atoms with Crippen LogP contribution in [0.25, 0.3) is 6.08 Å². The molecule has 2 amide bonds. The number of nitro groups is 1. The zero-order valence-electron chi connectivity index (χ0n) is 12.9. The first kappa shape index (κ1) is 18.3. The number of carbonyl (C=O) groups excluding carboxylic acids is 2. The van der Waals surface area contributed by atoms with Crippen molar-refractivity contribution in [1.82, 2.24) is 5.32 Å². The number of benzene rings is 2. The van der Waals surface area contributed by atoms with Crippen LogP contribution < -0.4 is 10.6 Å². The summed E-state index contributed by atoms with van der Waals surface area (Å²) >= 11 is 3.31. The molecular weight excluding hydrogens is 390 g/mol. The lowest BCUT2D eigenvalue weighted by atomic mass is 10.1. The van der Waals surface area contributed by atoms with Gasteiger partial charge >= 0.3 is 0 Å². The van der Waals surface area contributed by atoms with Gasteiger partial charge in [-0.25, -0.2) is 0 Å². The maximum absolute atomic E-state index is 11.8. The molecular formula is C17H14BrN3O4. The molecule has 2 rings (SSSR count). The van der Waals surface area contributed by atoms with E-state index in [1.165, 1.54) is 18.2 Å². The minimum Gasteiger partial charge on any atom is -0.343 e. The van der Waals surface area contributed by atoms with E-state index in [1.54, 1.807) is 30.3 Å². The standard InChI is InChI=1S/C17H14BrN3O4/c18-13-6-2-3-7-14(13)20-17(23)11-19-16(22)10-9-12-5-1-4-8-15(12)21(24)25/h1-10H,11H2,(H,19,22)(H,20,23)/b10-9+. The number of nitrogens with one attached hydrogen (secondary N) is 2. The van der Waals surface area contributed by atoms with E-state index in [1.807, 2.05) is 6.07 Å². The van der Waals surface area contributed by atoms with Crippen molar-refractivity contribution in [3.05, 3.63) is 74.8 Å². The van der Waals surface area contributed by atoms with E-state index >= 15 is 0 Å². The highest BCUT2D eigenvalue weighted by molar-refractivity contribution is 9.10. The molecule has 2 aromatic carbocycles. The third-order valence-electron chi connectivity index (χ3n) is 3.12. The van der Waals surface area contributed by atoms with E-state index in [2.05, 4.69) is 26.6 Å². The van der Waals surface area contributed by atoms with Crippen LogP contribution in [-0.2, 0) is 9.59 Å². The first-order valence-corrected chi connectivity index (χ1v) is 8.00. The van der Waals surface area contributed by atoms with Gasteiger partial charge in [0.1, 0.15) is 0 Å². The van der Waals surface area contributed by atoms with Crippen LogP contribution >= 0.6 is 15.9 Å². The molecule has 0 aliphatic rings. The van der Waals surface area contributed by atoms with Crippen LogP contribution in [-0.4, -0.2) is 23.3 Å². The van der Waals surface area contributed by atoms with E-state index in [0.717, 1.165) is 10.5 Å². The molecule has 0 aliphatic carbocycles. The van der Waals surface area contributed by atoms with Crippen LogP contribution in [0, 0.1) is 10.1 Å². The van der Waals surface area contributed by atoms with Gasteiger partial charge in [-0.1, -0.05) is 24.3 Å². The highest BCUT2D eigenvalue weighted by atomic mass is 79.9. The summed E-state index contributed by atoms with van der Waals surface area (Å²) in [6.45, 7) is -0.221. The van der Waals surface area contributed by atoms with E-state index in [9.17, 15) is 19.7 Å². The van der Waals surface area contributed by atoms with Gasteiger partial charge in [-0.2, -0.15) is 0 Å². The summed E-state index contributed by atoms with van der Waals surface area (Å²) in [6, 6.07) is 13.1. The van der Waals surface area contributed by atoms with E-state index in [4.69, 9.17) is 0 Å². The van der Waals surface area contributed by atoms with Gasteiger partial charge in [-0.15, -0.1) is 0 Å². The summed E-state index contributed by atoms with van der Waals surface area (Å²) in [6.07, 6.45) is 2.48. The Kier molecular flexibility index (Phi) is 6.41. The van der Waals surface area contributed by atoms with Gasteiger partial charge in [0.25, 0.3) is 5.69 Å². The number of anilines is 1. The Morgan fingerprint density at radius 3 is 2.52 bits per heavy atom. The topological polar surface area (TPSA) is 101 Å². The number of amides is 2. The van der Waals surface area contributed by atoms with Crippen molar-refractivity contribution < 1.29 is 14.5 Å². The number of nitro benzene ring substituents is 1. The predicted molar refractivity (Wildman–Crippen MR) is 97.9 cm³/mol. The van der Waals surface area contributed by atoms with Gasteiger partial charge in [-0.05, 0) is 40.2 Å². The Bertz CT molecular complexity index is 836. The van der Waals surface area contributed by atoms with Crippen LogP contribution in [0.1, 0.15) is 5.56 Å². The molecule has 0 aliphatic heterocycles. The second kappa shape index (κ2) is 8.74. The minimum absolute atomic E-state index is 0.0989. The third kappa shape index (κ3) is 5.54. The molecule has 0 fully saturated rings. The molecule has 0 saturated carbocycles. The maximum Gasteiger partial charge on any atom is 0.276 e. The lowest BCUT2D eigenvalue weighted by Gasteiger charge is -2.07. The lowest BCUT2D eigenvalue weighted by molar-refractivity contribution is -0.385. The quantitative estimate of drug-likeness (QED) is 0.439. The monoisotopic (exact) mass is 403 g/mol. The molecule has 7 nitrogen and oxygen atoms in total. The van der Waals surface area contributed by atoms with Crippen molar-refractivity contribution >= 4 is 45.2 Å². The van der Waals surface area contributed by atoms with Gasteiger partial charge in [0.15, 0.2) is 0 Å². The molecule has 0 bridgehead atoms. The Labute approximate surface area is 152 Å². The Morgan fingerprint density at radius 1 is 1.12 bits per heavy atom. The first-order chi connectivity index (χ1) is 12.0. The zero-order chi connectivity index (χ0) is 18.2. The van der Waals surface area contributed by atoms with Crippen LogP contribution in [0.15, 0.2) is 59.1 Å². The highest BCUT2D eigenvalue weighted by Crippen LogP contribution is 2.21. The molecule has 0 saturated heterocycles. The zero-order valence-corrected chi connectivity index (χ0v) is 14.5. The Balaban J connectivity index is 1.89. The summed E-state index contributed by atoms with van der Waals surface area (Å²) in [4.78, 5) is 34.0. The molecule has 0 aromatic heterocycles. The van der Waals surface area contributed by atoms with Crippen molar-refractivity contribution in [3.8, 4) is 0 Å². The number of hydrogen-bond acceptors (Lipinski definition) is 4. The maximum atomic E-state index is 11.8. The van der Waals surface area contributed by atoms with Crippen molar-refractivity contribution in [3.63, 3.8) is 0 Å². The summed E-state index contributed by atoms with van der Waals surface area (Å²) in [5, 5.41) is 16.0. The van der Waals surface area contributed by atoms with Gasteiger partial charge in [0.05, 0.1) is 22.7 Å². The van der Waals surface area contributed by atoms with Gasteiger partial charge < -0.3 is 10.6 Å². The Hall–Kier alpha value is -3.00. The fraction of sp³-hybridized carbons (Fsp3) is 0.0588. The Morgan fingerprint density at radius 2 is 1.80 bits per heavy atom. The van der Waals surface area contributed by atoms with Crippen LogP contribution in [0.4, 0.5) is 11.4 Å². The summed E-state index contributed by atoms with van der Waals surface area (Å²) in [5.41, 5.74) is 0.802. The van der Waals surface area contributed by atoms with Crippen molar-refractivity contribution in [2.45, 2.75) is 0 Å². The van der Waals surface area contributed by atoms with E-state index in [0.29, 0.717) is 11.3 Å². The third-order valence-corrected chi connectivity index (χ3v) is 3.81. The molecule has 0 unspecified atom stereocenters. The van der Waals surface area contributed by atoms with Gasteiger partial charge in [0.2, 0.25) is 11.8 Å². The van der Waals surface area contributed by atoms with Gasteiger partial charge in [0, 0.05) is 16.6 Å². The molecule has 2 N–H and O–H groups in total. The number of halogens is 1. The van der Waals surface area contributed by atoms with Crippen LogP contribution in [0.5, 0.6) is 0 Å². The lowest BCUT2D eigenvalue weighted by Crippen LogP contribution is -2.31. The fourth-order valence-electron chi connectivity index (χ4n) is 1.94. The number of rotatable bonds is 6. The summed E-state index contributed by atoms with van der Waals surface area (Å²) in [5.74, 6) is -0.917. The molecule has 128 valence electrons.